The third-order valence-electron chi connectivity index (χ3n) is 4.18. The number of ether oxygens (including phenoxy) is 1. The van der Waals surface area contributed by atoms with Gasteiger partial charge in [-0.25, -0.2) is 4.79 Å². The summed E-state index contributed by atoms with van der Waals surface area (Å²) in [5.41, 5.74) is 13.2. The van der Waals surface area contributed by atoms with Crippen molar-refractivity contribution >= 4 is 28.8 Å². The number of amides is 2. The Bertz CT molecular complexity index is 1040. The van der Waals surface area contributed by atoms with E-state index in [-0.39, 0.29) is 5.97 Å². The van der Waals surface area contributed by atoms with Crippen molar-refractivity contribution in [3.8, 4) is 16.9 Å². The van der Waals surface area contributed by atoms with Crippen LogP contribution in [0, 0.1) is 0 Å². The standard InChI is InChI=1S/C20H19N3O4/c1-2-3-18(24)27-14-8-9-15-16(11-23(20(22)26)17(15)10-14)12-4-6-13(7-5-12)19(21)25/h4-11H,2-3H2,1H3,(H2,21,25)(H2,22,26). The topological polar surface area (TPSA) is 117 Å². The van der Waals surface area contributed by atoms with E-state index in [1.807, 2.05) is 6.92 Å². The van der Waals surface area contributed by atoms with Crippen LogP contribution in [-0.2, 0) is 4.79 Å². The number of fused-ring (bicyclic) bond motifs is 1. The normalized spacial score (nSPS) is 10.7. The van der Waals surface area contributed by atoms with Crippen molar-refractivity contribution in [2.75, 3.05) is 0 Å². The minimum atomic E-state index is -0.656. The third kappa shape index (κ3) is 3.67. The number of esters is 1. The largest absolute Gasteiger partial charge is 0.426 e. The number of primary amides is 2. The van der Waals surface area contributed by atoms with E-state index in [4.69, 9.17) is 16.2 Å². The molecule has 7 nitrogen and oxygen atoms in total. The Labute approximate surface area is 155 Å². The van der Waals surface area contributed by atoms with Gasteiger partial charge in [0.25, 0.3) is 0 Å². The summed E-state index contributed by atoms with van der Waals surface area (Å²) in [6.07, 6.45) is 2.61. The zero-order chi connectivity index (χ0) is 19.6. The highest BCUT2D eigenvalue weighted by Gasteiger charge is 2.15. The lowest BCUT2D eigenvalue weighted by molar-refractivity contribution is -0.134. The molecular formula is C20H19N3O4. The van der Waals surface area contributed by atoms with E-state index in [1.165, 1.54) is 4.57 Å². The fourth-order valence-corrected chi connectivity index (χ4v) is 2.88. The van der Waals surface area contributed by atoms with Crippen LogP contribution in [0.5, 0.6) is 5.75 Å². The summed E-state index contributed by atoms with van der Waals surface area (Å²) in [7, 11) is 0. The van der Waals surface area contributed by atoms with Gasteiger partial charge in [-0.2, -0.15) is 0 Å². The first-order valence-electron chi connectivity index (χ1n) is 8.46. The molecule has 0 radical (unpaired) electrons. The summed E-state index contributed by atoms with van der Waals surface area (Å²) in [6.45, 7) is 1.89. The number of hydrogen-bond acceptors (Lipinski definition) is 4. The Hall–Kier alpha value is -3.61. The van der Waals surface area contributed by atoms with Crippen LogP contribution in [0.15, 0.2) is 48.7 Å². The van der Waals surface area contributed by atoms with Crippen LogP contribution >= 0.6 is 0 Å². The number of aromatic nitrogens is 1. The second kappa shape index (κ2) is 7.33. The fourth-order valence-electron chi connectivity index (χ4n) is 2.88. The summed E-state index contributed by atoms with van der Waals surface area (Å²) < 4.78 is 6.59. The molecule has 27 heavy (non-hydrogen) atoms. The second-order valence-electron chi connectivity index (χ2n) is 6.10. The van der Waals surface area contributed by atoms with Gasteiger partial charge in [0.05, 0.1) is 5.52 Å². The molecule has 3 rings (SSSR count). The number of benzene rings is 2. The van der Waals surface area contributed by atoms with Crippen molar-refractivity contribution in [1.82, 2.24) is 4.57 Å². The van der Waals surface area contributed by atoms with Crippen LogP contribution < -0.4 is 16.2 Å². The van der Waals surface area contributed by atoms with Gasteiger partial charge in [0, 0.05) is 35.2 Å². The van der Waals surface area contributed by atoms with Gasteiger partial charge in [-0.15, -0.1) is 0 Å². The van der Waals surface area contributed by atoms with Gasteiger partial charge >= 0.3 is 12.0 Å². The van der Waals surface area contributed by atoms with Gasteiger partial charge in [0.15, 0.2) is 0 Å². The number of rotatable bonds is 5. The molecule has 0 atom stereocenters. The first-order valence-corrected chi connectivity index (χ1v) is 8.46. The lowest BCUT2D eigenvalue weighted by Gasteiger charge is -2.05. The number of carbonyl (C=O) groups is 3. The van der Waals surface area contributed by atoms with E-state index in [9.17, 15) is 14.4 Å². The lowest BCUT2D eigenvalue weighted by Crippen LogP contribution is -2.18. The fraction of sp³-hybridized carbons (Fsp3) is 0.150. The molecular weight excluding hydrogens is 346 g/mol. The van der Waals surface area contributed by atoms with Crippen LogP contribution in [0.2, 0.25) is 0 Å². The molecule has 0 saturated heterocycles. The minimum absolute atomic E-state index is 0.312. The van der Waals surface area contributed by atoms with E-state index in [0.29, 0.717) is 29.7 Å². The van der Waals surface area contributed by atoms with E-state index >= 15 is 0 Å². The van der Waals surface area contributed by atoms with Crippen molar-refractivity contribution < 1.29 is 19.1 Å². The highest BCUT2D eigenvalue weighted by atomic mass is 16.5. The molecule has 0 aliphatic heterocycles. The van der Waals surface area contributed by atoms with Gasteiger partial charge in [-0.3, -0.25) is 14.2 Å². The average molecular weight is 365 g/mol. The molecule has 0 bridgehead atoms. The Morgan fingerprint density at radius 3 is 2.33 bits per heavy atom. The molecule has 1 heterocycles. The SMILES string of the molecule is CCCC(=O)Oc1ccc2c(-c3ccc(C(N)=O)cc3)cn(C(N)=O)c2c1. The first kappa shape index (κ1) is 18.2. The van der Waals surface area contributed by atoms with Crippen molar-refractivity contribution in [2.24, 2.45) is 11.5 Å². The van der Waals surface area contributed by atoms with Crippen molar-refractivity contribution in [3.05, 3.63) is 54.2 Å². The maximum Gasteiger partial charge on any atom is 0.323 e. The number of nitrogens with zero attached hydrogens (tertiary/aromatic N) is 1. The summed E-state index contributed by atoms with van der Waals surface area (Å²) in [5, 5.41) is 0.760. The smallest absolute Gasteiger partial charge is 0.323 e. The molecule has 138 valence electrons. The Kier molecular flexibility index (Phi) is 4.94. The van der Waals surface area contributed by atoms with Crippen molar-refractivity contribution in [1.29, 1.82) is 0 Å². The molecule has 0 aliphatic rings. The van der Waals surface area contributed by atoms with Crippen LogP contribution in [-0.4, -0.2) is 22.5 Å². The van der Waals surface area contributed by atoms with Crippen molar-refractivity contribution in [2.45, 2.75) is 19.8 Å². The van der Waals surface area contributed by atoms with Gasteiger partial charge in [-0.1, -0.05) is 19.1 Å². The Morgan fingerprint density at radius 2 is 1.74 bits per heavy atom. The zero-order valence-electron chi connectivity index (χ0n) is 14.8. The molecule has 2 aromatic carbocycles. The molecule has 0 saturated carbocycles. The minimum Gasteiger partial charge on any atom is -0.426 e. The van der Waals surface area contributed by atoms with Crippen LogP contribution in [0.4, 0.5) is 4.79 Å². The average Bonchev–Trinajstić information content (AvgIpc) is 3.01. The van der Waals surface area contributed by atoms with Gasteiger partial charge < -0.3 is 16.2 Å². The molecule has 1 aromatic heterocycles. The molecule has 0 spiro atoms. The molecule has 4 N–H and O–H groups in total. The second-order valence-corrected chi connectivity index (χ2v) is 6.10. The predicted octanol–water partition coefficient (Wildman–Crippen LogP) is 3.04. The number of hydrogen-bond donors (Lipinski definition) is 2. The third-order valence-corrected chi connectivity index (χ3v) is 4.18. The highest BCUT2D eigenvalue weighted by Crippen LogP contribution is 2.33. The van der Waals surface area contributed by atoms with Crippen molar-refractivity contribution in [3.63, 3.8) is 0 Å². The Morgan fingerprint density at radius 1 is 1.04 bits per heavy atom. The summed E-state index contributed by atoms with van der Waals surface area (Å²) in [4.78, 5) is 34.8. The summed E-state index contributed by atoms with van der Waals surface area (Å²) in [5.74, 6) is -0.506. The summed E-state index contributed by atoms with van der Waals surface area (Å²) >= 11 is 0. The number of nitrogens with two attached hydrogens (primary N) is 2. The molecule has 0 unspecified atom stereocenters. The van der Waals surface area contributed by atoms with Crippen LogP contribution in [0.25, 0.3) is 22.0 Å². The van der Waals surface area contributed by atoms with E-state index in [1.54, 1.807) is 48.7 Å². The zero-order valence-corrected chi connectivity index (χ0v) is 14.8. The monoisotopic (exact) mass is 365 g/mol. The number of carbonyl (C=O) groups excluding carboxylic acids is 3. The van der Waals surface area contributed by atoms with Crippen LogP contribution in [0.1, 0.15) is 30.1 Å². The molecule has 0 aliphatic carbocycles. The Balaban J connectivity index is 2.07. The lowest BCUT2D eigenvalue weighted by atomic mass is 10.0. The van der Waals surface area contributed by atoms with Gasteiger partial charge in [0.1, 0.15) is 5.75 Å². The van der Waals surface area contributed by atoms with E-state index < -0.39 is 11.9 Å². The van der Waals surface area contributed by atoms with Crippen LogP contribution in [0.3, 0.4) is 0 Å². The summed E-state index contributed by atoms with van der Waals surface area (Å²) in [6, 6.07) is 11.1. The molecule has 0 fully saturated rings. The predicted molar refractivity (Wildman–Crippen MR) is 101 cm³/mol. The highest BCUT2D eigenvalue weighted by molar-refractivity contribution is 6.02. The van der Waals surface area contributed by atoms with E-state index in [0.717, 1.165) is 16.5 Å². The molecule has 7 heteroatoms. The maximum atomic E-state index is 11.9. The molecule has 2 amide bonds. The quantitative estimate of drug-likeness (QED) is 0.534. The van der Waals surface area contributed by atoms with Gasteiger partial charge in [-0.05, 0) is 36.2 Å². The molecule has 3 aromatic rings. The van der Waals surface area contributed by atoms with E-state index in [2.05, 4.69) is 0 Å². The van der Waals surface area contributed by atoms with Gasteiger partial charge in [0.2, 0.25) is 5.91 Å². The maximum absolute atomic E-state index is 11.9. The first-order chi connectivity index (χ1) is 12.9.